The van der Waals surface area contributed by atoms with Crippen LogP contribution < -0.4 is 5.90 Å². The molecule has 0 heterocycles. The molecule has 0 fully saturated rings. The molecule has 0 aliphatic carbocycles. The highest BCUT2D eigenvalue weighted by Crippen LogP contribution is 1.57. The van der Waals surface area contributed by atoms with E-state index in [4.69, 9.17) is 5.11 Å². The molecule has 0 saturated carbocycles. The molecule has 0 aromatic heterocycles. The van der Waals surface area contributed by atoms with Gasteiger partial charge < -0.3 is 5.11 Å². The fraction of sp³-hybridized carbons (Fsp3) is 0.500. The maximum absolute atomic E-state index is 9.39. The zero-order chi connectivity index (χ0) is 4.99. The third-order valence-corrected chi connectivity index (χ3v) is 0.207. The second-order valence-electron chi connectivity index (χ2n) is 0.705. The van der Waals surface area contributed by atoms with Gasteiger partial charge in [0, 0.05) is 0 Å². The van der Waals surface area contributed by atoms with Gasteiger partial charge in [0.25, 0.3) is 0 Å². The van der Waals surface area contributed by atoms with Crippen LogP contribution >= 0.6 is 17.0 Å². The predicted molar refractivity (Wildman–Crippen MR) is 28.1 cm³/mol. The molecule has 0 atom stereocenters. The summed E-state index contributed by atoms with van der Waals surface area (Å²) < 4.78 is 0. The van der Waals surface area contributed by atoms with Crippen molar-refractivity contribution in [1.82, 2.24) is 0 Å². The minimum absolute atomic E-state index is 0. The highest BCUT2D eigenvalue weighted by molar-refractivity contribution is 8.93. The van der Waals surface area contributed by atoms with Crippen LogP contribution in [0, 0.1) is 0 Å². The normalized spacial score (nSPS) is 7.00. The molecular weight excluding hydrogens is 166 g/mol. The van der Waals surface area contributed by atoms with Gasteiger partial charge in [-0.3, -0.25) is 4.84 Å². The fourth-order valence-electron chi connectivity index (χ4n) is 0.0713. The third kappa shape index (κ3) is 10.7. The van der Waals surface area contributed by atoms with Crippen molar-refractivity contribution in [1.29, 1.82) is 0 Å². The van der Waals surface area contributed by atoms with Crippen molar-refractivity contribution in [3.8, 4) is 0 Å². The molecule has 5 heteroatoms. The number of halogens is 1. The van der Waals surface area contributed by atoms with Gasteiger partial charge in [-0.1, -0.05) is 0 Å². The Balaban J connectivity index is 0. The van der Waals surface area contributed by atoms with Gasteiger partial charge in [0.2, 0.25) is 0 Å². The van der Waals surface area contributed by atoms with Crippen LogP contribution in [0.2, 0.25) is 0 Å². The van der Waals surface area contributed by atoms with Gasteiger partial charge in [0.05, 0.1) is 0 Å². The van der Waals surface area contributed by atoms with Crippen molar-refractivity contribution in [2.24, 2.45) is 5.90 Å². The predicted octanol–water partition coefficient (Wildman–Crippen LogP) is -0.461. The zero-order valence-electron chi connectivity index (χ0n) is 3.46. The summed E-state index contributed by atoms with van der Waals surface area (Å²) in [6, 6.07) is 0. The Hall–Kier alpha value is -0.130. The van der Waals surface area contributed by atoms with Gasteiger partial charge in [0.1, 0.15) is 0 Å². The van der Waals surface area contributed by atoms with Gasteiger partial charge in [-0.05, 0) is 0 Å². The lowest BCUT2D eigenvalue weighted by Gasteiger charge is -1.83. The Morgan fingerprint density at radius 1 is 1.86 bits per heavy atom. The summed E-state index contributed by atoms with van der Waals surface area (Å²) in [5, 5.41) is 7.71. The summed E-state index contributed by atoms with van der Waals surface area (Å²) in [5.74, 6) is 3.29. The summed E-state index contributed by atoms with van der Waals surface area (Å²) in [4.78, 5) is 13.1. The Morgan fingerprint density at radius 2 is 2.29 bits per heavy atom. The van der Waals surface area contributed by atoms with E-state index in [1.54, 1.807) is 0 Å². The molecule has 0 bridgehead atoms. The Kier molecular flexibility index (Phi) is 8.37. The first-order valence-corrected chi connectivity index (χ1v) is 1.31. The van der Waals surface area contributed by atoms with Gasteiger partial charge in [0.15, 0.2) is 6.61 Å². The molecule has 0 saturated heterocycles. The van der Waals surface area contributed by atoms with E-state index < -0.39 is 12.6 Å². The molecule has 0 rings (SSSR count). The summed E-state index contributed by atoms with van der Waals surface area (Å²) in [7, 11) is 0. The molecule has 0 aliphatic rings. The number of rotatable bonds is 2. The van der Waals surface area contributed by atoms with Crippen LogP contribution in [0.25, 0.3) is 0 Å². The van der Waals surface area contributed by atoms with E-state index in [0.29, 0.717) is 0 Å². The van der Waals surface area contributed by atoms with Gasteiger partial charge >= 0.3 is 5.97 Å². The number of carbonyl (C=O) groups is 1. The topological polar surface area (TPSA) is 72.5 Å². The number of aliphatic carboxylic acids is 1. The van der Waals surface area contributed by atoms with Crippen LogP contribution in [0.1, 0.15) is 0 Å². The van der Waals surface area contributed by atoms with E-state index in [1.165, 1.54) is 0 Å². The van der Waals surface area contributed by atoms with Crippen molar-refractivity contribution < 1.29 is 14.7 Å². The number of carboxylic acids is 1. The SMILES string of the molecule is Br.NOCC(=O)O. The van der Waals surface area contributed by atoms with E-state index in [1.807, 2.05) is 0 Å². The zero-order valence-corrected chi connectivity index (χ0v) is 5.17. The molecule has 0 aromatic carbocycles. The minimum atomic E-state index is -1.06. The van der Waals surface area contributed by atoms with Crippen LogP contribution in [-0.4, -0.2) is 17.7 Å². The Morgan fingerprint density at radius 3 is 2.29 bits per heavy atom. The van der Waals surface area contributed by atoms with Crippen LogP contribution in [-0.2, 0) is 9.63 Å². The lowest BCUT2D eigenvalue weighted by molar-refractivity contribution is -0.142. The van der Waals surface area contributed by atoms with E-state index >= 15 is 0 Å². The maximum atomic E-state index is 9.39. The molecule has 0 unspecified atom stereocenters. The molecule has 44 valence electrons. The molecular formula is C2H6BrNO3. The summed E-state index contributed by atoms with van der Waals surface area (Å²) in [6.07, 6.45) is 0. The smallest absolute Gasteiger partial charge is 0.331 e. The van der Waals surface area contributed by atoms with E-state index in [0.717, 1.165) is 0 Å². The van der Waals surface area contributed by atoms with Crippen molar-refractivity contribution >= 4 is 23.0 Å². The van der Waals surface area contributed by atoms with Crippen molar-refractivity contribution in [3.63, 3.8) is 0 Å². The van der Waals surface area contributed by atoms with Gasteiger partial charge in [-0.25, -0.2) is 10.7 Å². The third-order valence-electron chi connectivity index (χ3n) is 0.207. The van der Waals surface area contributed by atoms with Crippen LogP contribution in [0.15, 0.2) is 0 Å². The lowest BCUT2D eigenvalue weighted by atomic mass is 10.8. The van der Waals surface area contributed by atoms with Gasteiger partial charge in [-0.2, -0.15) is 0 Å². The number of hydrogen-bond donors (Lipinski definition) is 2. The first-order chi connectivity index (χ1) is 2.77. The molecule has 0 aromatic rings. The Bertz CT molecular complexity index is 56.9. The molecule has 0 amide bonds. The average Bonchev–Trinajstić information content (AvgIpc) is 1.35. The summed E-state index contributed by atoms with van der Waals surface area (Å²) >= 11 is 0. The Labute approximate surface area is 51.0 Å². The maximum Gasteiger partial charge on any atom is 0.331 e. The first kappa shape index (κ1) is 9.98. The largest absolute Gasteiger partial charge is 0.479 e. The van der Waals surface area contributed by atoms with Crippen LogP contribution in [0.5, 0.6) is 0 Å². The lowest BCUT2D eigenvalue weighted by Crippen LogP contribution is -2.10. The van der Waals surface area contributed by atoms with E-state index in [9.17, 15) is 4.79 Å². The van der Waals surface area contributed by atoms with E-state index in [2.05, 4.69) is 10.7 Å². The number of nitrogens with two attached hydrogens (primary N) is 1. The van der Waals surface area contributed by atoms with Crippen molar-refractivity contribution in [3.05, 3.63) is 0 Å². The minimum Gasteiger partial charge on any atom is -0.479 e. The molecule has 7 heavy (non-hydrogen) atoms. The molecule has 0 aliphatic heterocycles. The van der Waals surface area contributed by atoms with Crippen LogP contribution in [0.4, 0.5) is 0 Å². The van der Waals surface area contributed by atoms with E-state index in [-0.39, 0.29) is 17.0 Å². The van der Waals surface area contributed by atoms with Gasteiger partial charge in [-0.15, -0.1) is 17.0 Å². The quantitative estimate of drug-likeness (QED) is 0.552. The first-order valence-electron chi connectivity index (χ1n) is 1.31. The highest BCUT2D eigenvalue weighted by atomic mass is 79.9. The average molecular weight is 172 g/mol. The summed E-state index contributed by atoms with van der Waals surface area (Å²) in [6.45, 7) is -0.431. The standard InChI is InChI=1S/C2H5NO3.BrH/c3-6-1-2(4)5;/h1,3H2,(H,4,5);1H. The summed E-state index contributed by atoms with van der Waals surface area (Å²) in [5.41, 5.74) is 0. The highest BCUT2D eigenvalue weighted by Gasteiger charge is 1.88. The monoisotopic (exact) mass is 171 g/mol. The fourth-order valence-corrected chi connectivity index (χ4v) is 0.0713. The second kappa shape index (κ2) is 5.87. The van der Waals surface area contributed by atoms with Crippen LogP contribution in [0.3, 0.4) is 0 Å². The molecule has 0 spiro atoms. The number of hydrogen-bond acceptors (Lipinski definition) is 3. The van der Waals surface area contributed by atoms with Crippen molar-refractivity contribution in [2.45, 2.75) is 0 Å². The molecule has 0 radical (unpaired) electrons. The second-order valence-corrected chi connectivity index (χ2v) is 0.705. The molecule has 3 N–H and O–H groups in total. The number of carboxylic acid groups (broad SMARTS) is 1. The van der Waals surface area contributed by atoms with Crippen molar-refractivity contribution in [2.75, 3.05) is 6.61 Å². The molecule has 4 nitrogen and oxygen atoms in total.